The number of benzene rings is 2. The van der Waals surface area contributed by atoms with E-state index in [1.165, 1.54) is 0 Å². The smallest absolute Gasteiger partial charge is 0.336 e. The molecule has 0 aromatic heterocycles. The Morgan fingerprint density at radius 2 is 1.80 bits per heavy atom. The van der Waals surface area contributed by atoms with Crippen molar-refractivity contribution in [3.63, 3.8) is 0 Å². The molecule has 0 amide bonds. The summed E-state index contributed by atoms with van der Waals surface area (Å²) in [5.41, 5.74) is 1.46. The Kier molecular flexibility index (Phi) is 6.46. The first-order valence-corrected chi connectivity index (χ1v) is 8.08. The summed E-state index contributed by atoms with van der Waals surface area (Å²) in [4.78, 5) is 11.7. The van der Waals surface area contributed by atoms with Crippen LogP contribution in [-0.2, 0) is 4.79 Å². The molecule has 0 saturated carbocycles. The molecule has 0 bridgehead atoms. The predicted octanol–water partition coefficient (Wildman–Crippen LogP) is 4.12. The van der Waals surface area contributed by atoms with Crippen molar-refractivity contribution in [3.8, 4) is 17.2 Å². The third-order valence-electron chi connectivity index (χ3n) is 3.48. The summed E-state index contributed by atoms with van der Waals surface area (Å²) >= 11 is 0. The maximum absolute atomic E-state index is 11.7. The van der Waals surface area contributed by atoms with Crippen LogP contribution < -0.4 is 14.2 Å². The highest BCUT2D eigenvalue weighted by atomic mass is 16.5. The van der Waals surface area contributed by atoms with Crippen molar-refractivity contribution in [1.29, 1.82) is 0 Å². The zero-order chi connectivity index (χ0) is 18.2. The van der Waals surface area contributed by atoms with Crippen molar-refractivity contribution in [1.82, 2.24) is 0 Å². The number of rotatable bonds is 8. The maximum atomic E-state index is 11.7. The normalized spacial score (nSPS) is 11.1. The lowest BCUT2D eigenvalue weighted by Gasteiger charge is -2.11. The first-order valence-electron chi connectivity index (χ1n) is 8.08. The maximum Gasteiger partial charge on any atom is 0.336 e. The highest BCUT2D eigenvalue weighted by Gasteiger charge is 2.13. The molecule has 132 valence electrons. The van der Waals surface area contributed by atoms with Gasteiger partial charge >= 0.3 is 5.97 Å². The van der Waals surface area contributed by atoms with Gasteiger partial charge in [-0.3, -0.25) is 0 Å². The van der Waals surface area contributed by atoms with Crippen molar-refractivity contribution in [2.45, 2.75) is 13.8 Å². The Bertz CT molecular complexity index is 764. The minimum absolute atomic E-state index is 0.175. The highest BCUT2D eigenvalue weighted by molar-refractivity contribution is 6.20. The summed E-state index contributed by atoms with van der Waals surface area (Å²) in [7, 11) is 1.56. The summed E-state index contributed by atoms with van der Waals surface area (Å²) in [5.74, 6) is 0.806. The van der Waals surface area contributed by atoms with Crippen LogP contribution in [0.25, 0.3) is 11.6 Å². The second-order valence-electron chi connectivity index (χ2n) is 5.17. The third kappa shape index (κ3) is 4.76. The number of carbonyl (C=O) groups is 1. The summed E-state index contributed by atoms with van der Waals surface area (Å²) in [6.45, 7) is 4.77. The van der Waals surface area contributed by atoms with Crippen LogP contribution in [0.1, 0.15) is 25.0 Å². The average Bonchev–Trinajstić information content (AvgIpc) is 2.60. The third-order valence-corrected chi connectivity index (χ3v) is 3.48. The van der Waals surface area contributed by atoms with Gasteiger partial charge in [-0.05, 0) is 55.3 Å². The van der Waals surface area contributed by atoms with E-state index in [2.05, 4.69) is 0 Å². The Morgan fingerprint density at radius 3 is 2.44 bits per heavy atom. The van der Waals surface area contributed by atoms with E-state index in [9.17, 15) is 9.90 Å². The lowest BCUT2D eigenvalue weighted by Crippen LogP contribution is -2.01. The summed E-state index contributed by atoms with van der Waals surface area (Å²) in [5, 5.41) is 9.62. The number of ether oxygens (including phenoxy) is 3. The fourth-order valence-corrected chi connectivity index (χ4v) is 2.41. The van der Waals surface area contributed by atoms with Crippen LogP contribution in [0, 0.1) is 0 Å². The quantitative estimate of drug-likeness (QED) is 0.577. The van der Waals surface area contributed by atoms with Gasteiger partial charge in [-0.25, -0.2) is 4.79 Å². The Labute approximate surface area is 147 Å². The SMILES string of the molecule is CCOc1cccc(/C(=C/c2ccc(OC)c(OCC)c2)C(=O)O)c1. The van der Waals surface area contributed by atoms with Crippen LogP contribution in [-0.4, -0.2) is 31.4 Å². The van der Waals surface area contributed by atoms with Crippen molar-refractivity contribution in [3.05, 3.63) is 53.6 Å². The molecule has 1 N–H and O–H groups in total. The molecule has 2 aromatic carbocycles. The van der Waals surface area contributed by atoms with Crippen LogP contribution in [0.3, 0.4) is 0 Å². The molecule has 25 heavy (non-hydrogen) atoms. The molecular formula is C20H22O5. The molecule has 0 aliphatic rings. The van der Waals surface area contributed by atoms with E-state index in [0.29, 0.717) is 41.6 Å². The highest BCUT2D eigenvalue weighted by Crippen LogP contribution is 2.30. The number of aliphatic carboxylic acids is 1. The van der Waals surface area contributed by atoms with Gasteiger partial charge in [0.05, 0.1) is 25.9 Å². The molecular weight excluding hydrogens is 320 g/mol. The van der Waals surface area contributed by atoms with E-state index in [4.69, 9.17) is 14.2 Å². The first kappa shape index (κ1) is 18.4. The topological polar surface area (TPSA) is 65.0 Å². The summed E-state index contributed by atoms with van der Waals surface area (Å²) in [6, 6.07) is 12.3. The van der Waals surface area contributed by atoms with Gasteiger partial charge in [0, 0.05) is 0 Å². The van der Waals surface area contributed by atoms with Gasteiger partial charge in [-0.15, -0.1) is 0 Å². The van der Waals surface area contributed by atoms with Crippen LogP contribution in [0.4, 0.5) is 0 Å². The molecule has 2 rings (SSSR count). The van der Waals surface area contributed by atoms with Gasteiger partial charge in [0.25, 0.3) is 0 Å². The largest absolute Gasteiger partial charge is 0.494 e. The minimum Gasteiger partial charge on any atom is -0.494 e. The number of hydrogen-bond donors (Lipinski definition) is 1. The molecule has 0 unspecified atom stereocenters. The van der Waals surface area contributed by atoms with Gasteiger partial charge in [-0.1, -0.05) is 18.2 Å². The molecule has 0 aliphatic heterocycles. The van der Waals surface area contributed by atoms with Gasteiger partial charge in [-0.2, -0.15) is 0 Å². The zero-order valence-electron chi connectivity index (χ0n) is 14.6. The molecule has 0 radical (unpaired) electrons. The molecule has 5 nitrogen and oxygen atoms in total. The molecule has 0 atom stereocenters. The molecule has 0 saturated heterocycles. The molecule has 0 heterocycles. The van der Waals surface area contributed by atoms with Crippen LogP contribution in [0.2, 0.25) is 0 Å². The van der Waals surface area contributed by atoms with E-state index in [-0.39, 0.29) is 5.57 Å². The van der Waals surface area contributed by atoms with Crippen molar-refractivity contribution in [2.24, 2.45) is 0 Å². The van der Waals surface area contributed by atoms with Crippen molar-refractivity contribution < 1.29 is 24.1 Å². The Hall–Kier alpha value is -2.95. The van der Waals surface area contributed by atoms with Gasteiger partial charge in [0.2, 0.25) is 0 Å². The second-order valence-corrected chi connectivity index (χ2v) is 5.17. The first-order chi connectivity index (χ1) is 12.1. The Morgan fingerprint density at radius 1 is 1.04 bits per heavy atom. The van der Waals surface area contributed by atoms with Crippen LogP contribution >= 0.6 is 0 Å². The molecule has 2 aromatic rings. The second kappa shape index (κ2) is 8.78. The number of carboxylic acids is 1. The molecule has 5 heteroatoms. The van der Waals surface area contributed by atoms with Crippen molar-refractivity contribution in [2.75, 3.05) is 20.3 Å². The Balaban J connectivity index is 2.45. The summed E-state index contributed by atoms with van der Waals surface area (Å²) in [6.07, 6.45) is 1.61. The van der Waals surface area contributed by atoms with E-state index < -0.39 is 5.97 Å². The fourth-order valence-electron chi connectivity index (χ4n) is 2.41. The van der Waals surface area contributed by atoms with E-state index in [1.54, 1.807) is 55.7 Å². The van der Waals surface area contributed by atoms with Crippen molar-refractivity contribution >= 4 is 17.6 Å². The molecule has 0 spiro atoms. The predicted molar refractivity (Wildman–Crippen MR) is 97.3 cm³/mol. The lowest BCUT2D eigenvalue weighted by molar-refractivity contribution is -0.130. The van der Waals surface area contributed by atoms with Crippen LogP contribution in [0.5, 0.6) is 17.2 Å². The van der Waals surface area contributed by atoms with E-state index in [1.807, 2.05) is 13.8 Å². The summed E-state index contributed by atoms with van der Waals surface area (Å²) < 4.78 is 16.3. The van der Waals surface area contributed by atoms with E-state index >= 15 is 0 Å². The fraction of sp³-hybridized carbons (Fsp3) is 0.250. The zero-order valence-corrected chi connectivity index (χ0v) is 14.6. The minimum atomic E-state index is -1.01. The average molecular weight is 342 g/mol. The monoisotopic (exact) mass is 342 g/mol. The number of methoxy groups -OCH3 is 1. The van der Waals surface area contributed by atoms with Crippen LogP contribution in [0.15, 0.2) is 42.5 Å². The van der Waals surface area contributed by atoms with Gasteiger partial charge < -0.3 is 19.3 Å². The molecule has 0 fully saturated rings. The molecule has 0 aliphatic carbocycles. The number of carboxylic acid groups (broad SMARTS) is 1. The van der Waals surface area contributed by atoms with E-state index in [0.717, 1.165) is 0 Å². The van der Waals surface area contributed by atoms with Gasteiger partial charge in [0.1, 0.15) is 5.75 Å². The number of hydrogen-bond acceptors (Lipinski definition) is 4. The lowest BCUT2D eigenvalue weighted by atomic mass is 10.0. The van der Waals surface area contributed by atoms with Gasteiger partial charge in [0.15, 0.2) is 11.5 Å². The standard InChI is InChI=1S/C20H22O5/c1-4-24-16-8-6-7-15(13-16)17(20(21)22)11-14-9-10-18(23-3)19(12-14)25-5-2/h6-13H,4-5H2,1-3H3,(H,21,22)/b17-11-.